The predicted octanol–water partition coefficient (Wildman–Crippen LogP) is 3.50. The third kappa shape index (κ3) is 3.14. The Balaban J connectivity index is 1.54. The Kier molecular flexibility index (Phi) is 4.81. The van der Waals surface area contributed by atoms with Crippen LogP contribution in [0.15, 0.2) is 48.5 Å². The smallest absolute Gasteiger partial charge is 0.410 e. The first kappa shape index (κ1) is 18.5. The van der Waals surface area contributed by atoms with Crippen LogP contribution in [0.2, 0.25) is 0 Å². The lowest BCUT2D eigenvalue weighted by Gasteiger charge is -2.39. The van der Waals surface area contributed by atoms with Crippen LogP contribution in [-0.2, 0) is 14.3 Å². The number of rotatable bonds is 3. The number of carboxylic acids is 1. The van der Waals surface area contributed by atoms with Gasteiger partial charge in [0, 0.05) is 5.92 Å². The van der Waals surface area contributed by atoms with Crippen molar-refractivity contribution in [3.8, 4) is 11.1 Å². The molecule has 2 aliphatic rings. The van der Waals surface area contributed by atoms with Gasteiger partial charge in [-0.05, 0) is 36.1 Å². The van der Waals surface area contributed by atoms with E-state index in [9.17, 15) is 14.7 Å². The number of nitrogens with zero attached hydrogens (tertiary/aromatic N) is 1. The van der Waals surface area contributed by atoms with Crippen LogP contribution in [0, 0.1) is 0 Å². The fraction of sp³-hybridized carbons (Fsp3) is 0.364. The predicted molar refractivity (Wildman–Crippen MR) is 103 cm³/mol. The van der Waals surface area contributed by atoms with E-state index in [1.807, 2.05) is 43.3 Å². The van der Waals surface area contributed by atoms with Crippen LogP contribution in [0.4, 0.5) is 4.79 Å². The summed E-state index contributed by atoms with van der Waals surface area (Å²) >= 11 is 0. The minimum absolute atomic E-state index is 0.0597. The van der Waals surface area contributed by atoms with E-state index in [4.69, 9.17) is 9.47 Å². The Labute approximate surface area is 163 Å². The van der Waals surface area contributed by atoms with E-state index in [2.05, 4.69) is 12.1 Å². The molecule has 6 heteroatoms. The molecule has 2 aromatic carbocycles. The number of carboxylic acid groups (broad SMARTS) is 1. The van der Waals surface area contributed by atoms with E-state index >= 15 is 0 Å². The van der Waals surface area contributed by atoms with Crippen molar-refractivity contribution in [3.63, 3.8) is 0 Å². The molecule has 0 aromatic heterocycles. The standard InChI is InChI=1S/C22H23NO5/c1-13-11-23(20(21(24)25)14(2)28-13)22(26)27-12-19-17-9-5-3-7-15(17)16-8-4-6-10-18(16)19/h3-10,13-14,19-20H,11-12H2,1-2H3,(H,24,25)/t13-,14-,20?/m0/s1. The average molecular weight is 381 g/mol. The molecule has 4 rings (SSSR count). The Hall–Kier alpha value is -2.86. The van der Waals surface area contributed by atoms with Crippen LogP contribution >= 0.6 is 0 Å². The number of hydrogen-bond acceptors (Lipinski definition) is 4. The lowest BCUT2D eigenvalue weighted by molar-refractivity contribution is -0.159. The summed E-state index contributed by atoms with van der Waals surface area (Å²) < 4.78 is 11.2. The maximum absolute atomic E-state index is 12.8. The molecule has 0 spiro atoms. The van der Waals surface area contributed by atoms with Gasteiger partial charge in [-0.15, -0.1) is 0 Å². The highest BCUT2D eigenvalue weighted by Crippen LogP contribution is 2.44. The number of amides is 1. The largest absolute Gasteiger partial charge is 0.480 e. The van der Waals surface area contributed by atoms with Gasteiger partial charge in [0.25, 0.3) is 0 Å². The maximum Gasteiger partial charge on any atom is 0.410 e. The van der Waals surface area contributed by atoms with Crippen molar-refractivity contribution in [2.24, 2.45) is 0 Å². The molecule has 146 valence electrons. The van der Waals surface area contributed by atoms with Crippen LogP contribution in [-0.4, -0.2) is 53.5 Å². The van der Waals surface area contributed by atoms with Crippen LogP contribution in [0.3, 0.4) is 0 Å². The van der Waals surface area contributed by atoms with Crippen molar-refractivity contribution in [1.29, 1.82) is 0 Å². The molecule has 0 bridgehead atoms. The van der Waals surface area contributed by atoms with Gasteiger partial charge in [0.2, 0.25) is 0 Å². The molecule has 1 aliphatic heterocycles. The molecule has 0 radical (unpaired) electrons. The first-order chi connectivity index (χ1) is 13.5. The van der Waals surface area contributed by atoms with E-state index in [0.717, 1.165) is 22.3 Å². The zero-order valence-electron chi connectivity index (χ0n) is 15.9. The molecule has 1 saturated heterocycles. The van der Waals surface area contributed by atoms with Crippen molar-refractivity contribution in [2.75, 3.05) is 13.2 Å². The Morgan fingerprint density at radius 2 is 1.64 bits per heavy atom. The third-order valence-electron chi connectivity index (χ3n) is 5.50. The van der Waals surface area contributed by atoms with E-state index in [-0.39, 0.29) is 25.2 Å². The highest BCUT2D eigenvalue weighted by molar-refractivity contribution is 5.81. The van der Waals surface area contributed by atoms with Gasteiger partial charge in [0.1, 0.15) is 6.61 Å². The van der Waals surface area contributed by atoms with Crippen molar-refractivity contribution >= 4 is 12.1 Å². The molecular weight excluding hydrogens is 358 g/mol. The minimum atomic E-state index is -1.09. The zero-order valence-corrected chi connectivity index (χ0v) is 15.9. The van der Waals surface area contributed by atoms with Crippen molar-refractivity contribution in [3.05, 3.63) is 59.7 Å². The van der Waals surface area contributed by atoms with Crippen LogP contribution in [0.25, 0.3) is 11.1 Å². The molecule has 1 amide bonds. The second kappa shape index (κ2) is 7.28. The monoisotopic (exact) mass is 381 g/mol. The Bertz CT molecular complexity index is 866. The summed E-state index contributed by atoms with van der Waals surface area (Å²) in [5.74, 6) is -1.15. The van der Waals surface area contributed by atoms with Crippen molar-refractivity contribution < 1.29 is 24.2 Å². The molecule has 28 heavy (non-hydrogen) atoms. The lowest BCUT2D eigenvalue weighted by Crippen LogP contribution is -2.59. The molecule has 2 aromatic rings. The second-order valence-electron chi connectivity index (χ2n) is 7.39. The molecule has 1 unspecified atom stereocenters. The molecular formula is C22H23NO5. The SMILES string of the molecule is C[C@@H]1O[C@@H](C)CN(C(=O)OCC2c3ccccc3-c3ccccc32)C1C(=O)O. The number of carbonyl (C=O) groups is 2. The van der Waals surface area contributed by atoms with Gasteiger partial charge in [-0.3, -0.25) is 4.90 Å². The zero-order chi connectivity index (χ0) is 19.8. The van der Waals surface area contributed by atoms with Gasteiger partial charge in [0.15, 0.2) is 6.04 Å². The highest BCUT2D eigenvalue weighted by Gasteiger charge is 2.41. The Morgan fingerprint density at radius 1 is 1.07 bits per heavy atom. The summed E-state index contributed by atoms with van der Waals surface area (Å²) in [5, 5.41) is 9.52. The summed E-state index contributed by atoms with van der Waals surface area (Å²) in [6.45, 7) is 3.84. The number of hydrogen-bond donors (Lipinski definition) is 1. The third-order valence-corrected chi connectivity index (χ3v) is 5.50. The molecule has 3 atom stereocenters. The summed E-state index contributed by atoms with van der Waals surface area (Å²) in [5.41, 5.74) is 4.54. The highest BCUT2D eigenvalue weighted by atomic mass is 16.6. The summed E-state index contributed by atoms with van der Waals surface area (Å²) in [6.07, 6.45) is -1.45. The molecule has 1 fully saturated rings. The van der Waals surface area contributed by atoms with Gasteiger partial charge < -0.3 is 14.6 Å². The topological polar surface area (TPSA) is 76.1 Å². The number of benzene rings is 2. The maximum atomic E-state index is 12.8. The van der Waals surface area contributed by atoms with Gasteiger partial charge in [-0.1, -0.05) is 48.5 Å². The molecule has 1 aliphatic carbocycles. The van der Waals surface area contributed by atoms with E-state index in [1.165, 1.54) is 4.90 Å². The summed E-state index contributed by atoms with van der Waals surface area (Å²) in [4.78, 5) is 25.7. The van der Waals surface area contributed by atoms with Crippen molar-refractivity contribution in [2.45, 2.75) is 38.0 Å². The fourth-order valence-corrected chi connectivity index (χ4v) is 4.33. The van der Waals surface area contributed by atoms with Gasteiger partial charge in [-0.2, -0.15) is 0 Å². The van der Waals surface area contributed by atoms with Crippen LogP contribution in [0.1, 0.15) is 30.9 Å². The second-order valence-corrected chi connectivity index (χ2v) is 7.39. The van der Waals surface area contributed by atoms with E-state index in [1.54, 1.807) is 6.92 Å². The normalized spacial score (nSPS) is 23.8. The molecule has 1 N–H and O–H groups in total. The Morgan fingerprint density at radius 3 is 2.21 bits per heavy atom. The summed E-state index contributed by atoms with van der Waals surface area (Å²) in [6, 6.07) is 15.1. The molecule has 1 heterocycles. The van der Waals surface area contributed by atoms with Gasteiger partial charge in [-0.25, -0.2) is 9.59 Å². The first-order valence-corrected chi connectivity index (χ1v) is 9.47. The minimum Gasteiger partial charge on any atom is -0.480 e. The quantitative estimate of drug-likeness (QED) is 0.881. The number of carbonyl (C=O) groups excluding carboxylic acids is 1. The first-order valence-electron chi connectivity index (χ1n) is 9.47. The molecule has 0 saturated carbocycles. The van der Waals surface area contributed by atoms with Gasteiger partial charge in [0.05, 0.1) is 18.8 Å². The van der Waals surface area contributed by atoms with Gasteiger partial charge >= 0.3 is 12.1 Å². The molecule has 6 nitrogen and oxygen atoms in total. The van der Waals surface area contributed by atoms with E-state index in [0.29, 0.717) is 0 Å². The average Bonchev–Trinajstić information content (AvgIpc) is 2.99. The summed E-state index contributed by atoms with van der Waals surface area (Å²) in [7, 11) is 0. The number of fused-ring (bicyclic) bond motifs is 3. The lowest BCUT2D eigenvalue weighted by atomic mass is 9.98. The number of morpholine rings is 1. The van der Waals surface area contributed by atoms with Crippen LogP contribution in [0.5, 0.6) is 0 Å². The fourth-order valence-electron chi connectivity index (χ4n) is 4.33. The number of ether oxygens (including phenoxy) is 2. The van der Waals surface area contributed by atoms with E-state index < -0.39 is 24.2 Å². The van der Waals surface area contributed by atoms with Crippen molar-refractivity contribution in [1.82, 2.24) is 4.90 Å². The number of aliphatic carboxylic acids is 1. The van der Waals surface area contributed by atoms with Crippen LogP contribution < -0.4 is 0 Å².